The van der Waals surface area contributed by atoms with Crippen molar-refractivity contribution >= 4 is 17.2 Å². The number of thiophene rings is 1. The van der Waals surface area contributed by atoms with Crippen molar-refractivity contribution in [2.45, 2.75) is 37.4 Å². The maximum absolute atomic E-state index is 12.5. The van der Waals surface area contributed by atoms with Crippen molar-refractivity contribution in [3.05, 3.63) is 41.3 Å². The topological polar surface area (TPSA) is 50.4 Å². The van der Waals surface area contributed by atoms with Gasteiger partial charge in [-0.05, 0) is 61.2 Å². The molecule has 2 N–H and O–H groups in total. The van der Waals surface area contributed by atoms with E-state index in [2.05, 4.69) is 10.6 Å². The van der Waals surface area contributed by atoms with Gasteiger partial charge in [-0.15, -0.1) is 11.3 Å². The second-order valence-corrected chi connectivity index (χ2v) is 7.34. The molecule has 2 aliphatic rings. The number of rotatable bonds is 4. The van der Waals surface area contributed by atoms with Gasteiger partial charge < -0.3 is 15.4 Å². The standard InChI is InChI=1S/C18H20N2O2S/c1-22-13-5-2-11(3-6-13)16-8-9-17(23-16)18(21)20-15-10-12-4-7-14(15)19-12/h2-3,5-6,8-9,12,14-15,19H,4,7,10H2,1H3,(H,20,21)/t12-,14+,15-/m1/s1. The van der Waals surface area contributed by atoms with Gasteiger partial charge in [0.05, 0.1) is 12.0 Å². The first-order valence-electron chi connectivity index (χ1n) is 8.04. The third-order valence-corrected chi connectivity index (χ3v) is 5.95. The second-order valence-electron chi connectivity index (χ2n) is 6.26. The first kappa shape index (κ1) is 14.7. The van der Waals surface area contributed by atoms with Crippen LogP contribution in [0.15, 0.2) is 36.4 Å². The fraction of sp³-hybridized carbons (Fsp3) is 0.389. The van der Waals surface area contributed by atoms with E-state index in [1.54, 1.807) is 7.11 Å². The van der Waals surface area contributed by atoms with E-state index in [4.69, 9.17) is 4.74 Å². The van der Waals surface area contributed by atoms with Crippen LogP contribution >= 0.6 is 11.3 Å². The molecule has 2 aromatic rings. The highest BCUT2D eigenvalue weighted by atomic mass is 32.1. The first-order chi connectivity index (χ1) is 11.2. The fourth-order valence-electron chi connectivity index (χ4n) is 3.59. The second kappa shape index (κ2) is 5.98. The van der Waals surface area contributed by atoms with E-state index in [-0.39, 0.29) is 11.9 Å². The summed E-state index contributed by atoms with van der Waals surface area (Å²) in [5, 5.41) is 6.75. The molecule has 120 valence electrons. The van der Waals surface area contributed by atoms with Gasteiger partial charge in [0, 0.05) is 23.0 Å². The van der Waals surface area contributed by atoms with E-state index in [0.29, 0.717) is 12.1 Å². The number of carbonyl (C=O) groups excluding carboxylic acids is 1. The number of carbonyl (C=O) groups is 1. The van der Waals surface area contributed by atoms with Crippen LogP contribution in [0, 0.1) is 0 Å². The Labute approximate surface area is 139 Å². The van der Waals surface area contributed by atoms with Crippen LogP contribution in [0.2, 0.25) is 0 Å². The Kier molecular flexibility index (Phi) is 3.83. The lowest BCUT2D eigenvalue weighted by molar-refractivity contribution is 0.0935. The van der Waals surface area contributed by atoms with Crippen molar-refractivity contribution in [1.82, 2.24) is 10.6 Å². The molecule has 2 bridgehead atoms. The van der Waals surface area contributed by atoms with Crippen molar-refractivity contribution in [3.63, 3.8) is 0 Å². The molecule has 2 fully saturated rings. The lowest BCUT2D eigenvalue weighted by atomic mass is 9.95. The third-order valence-electron chi connectivity index (χ3n) is 4.82. The maximum atomic E-state index is 12.5. The van der Waals surface area contributed by atoms with Gasteiger partial charge in [0.15, 0.2) is 0 Å². The van der Waals surface area contributed by atoms with E-state index in [0.717, 1.165) is 27.5 Å². The Hall–Kier alpha value is -1.85. The van der Waals surface area contributed by atoms with Crippen LogP contribution in [0.5, 0.6) is 5.75 Å². The predicted octanol–water partition coefficient (Wildman–Crippen LogP) is 3.05. The summed E-state index contributed by atoms with van der Waals surface area (Å²) in [5.41, 5.74) is 1.11. The molecule has 0 unspecified atom stereocenters. The van der Waals surface area contributed by atoms with E-state index in [9.17, 15) is 4.79 Å². The van der Waals surface area contributed by atoms with Gasteiger partial charge in [0.25, 0.3) is 5.91 Å². The van der Waals surface area contributed by atoms with Crippen molar-refractivity contribution in [2.24, 2.45) is 0 Å². The van der Waals surface area contributed by atoms with Crippen LogP contribution in [0.4, 0.5) is 0 Å². The SMILES string of the molecule is COc1ccc(-c2ccc(C(=O)N[C@@H]3C[C@H]4CC[C@@H]3N4)s2)cc1. The zero-order chi connectivity index (χ0) is 15.8. The quantitative estimate of drug-likeness (QED) is 0.907. The Morgan fingerprint density at radius 1 is 1.22 bits per heavy atom. The number of amides is 1. The van der Waals surface area contributed by atoms with Crippen molar-refractivity contribution < 1.29 is 9.53 Å². The average molecular weight is 328 g/mol. The number of hydrogen-bond donors (Lipinski definition) is 2. The van der Waals surface area contributed by atoms with Crippen LogP contribution in [0.25, 0.3) is 10.4 Å². The first-order valence-corrected chi connectivity index (χ1v) is 8.86. The van der Waals surface area contributed by atoms with Crippen molar-refractivity contribution in [2.75, 3.05) is 7.11 Å². The molecule has 0 radical (unpaired) electrons. The van der Waals surface area contributed by atoms with Gasteiger partial charge in [-0.25, -0.2) is 0 Å². The summed E-state index contributed by atoms with van der Waals surface area (Å²) in [6.07, 6.45) is 3.49. The Bertz CT molecular complexity index is 710. The predicted molar refractivity (Wildman–Crippen MR) is 92.1 cm³/mol. The molecule has 23 heavy (non-hydrogen) atoms. The highest BCUT2D eigenvalue weighted by Crippen LogP contribution is 2.31. The van der Waals surface area contributed by atoms with Crippen LogP contribution < -0.4 is 15.4 Å². The maximum Gasteiger partial charge on any atom is 0.261 e. The molecule has 2 saturated heterocycles. The van der Waals surface area contributed by atoms with Gasteiger partial charge >= 0.3 is 0 Å². The smallest absolute Gasteiger partial charge is 0.261 e. The molecular formula is C18H20N2O2S. The highest BCUT2D eigenvalue weighted by molar-refractivity contribution is 7.17. The Morgan fingerprint density at radius 2 is 2.04 bits per heavy atom. The summed E-state index contributed by atoms with van der Waals surface area (Å²) >= 11 is 1.54. The molecule has 1 aromatic carbocycles. The van der Waals surface area contributed by atoms with Crippen LogP contribution in [-0.2, 0) is 0 Å². The molecule has 4 rings (SSSR count). The van der Waals surface area contributed by atoms with Crippen molar-refractivity contribution in [3.8, 4) is 16.2 Å². The summed E-state index contributed by atoms with van der Waals surface area (Å²) in [7, 11) is 1.66. The Morgan fingerprint density at radius 3 is 2.70 bits per heavy atom. The summed E-state index contributed by atoms with van der Waals surface area (Å²) in [6.45, 7) is 0. The zero-order valence-electron chi connectivity index (χ0n) is 13.0. The summed E-state index contributed by atoms with van der Waals surface area (Å²) < 4.78 is 5.18. The molecule has 2 aliphatic heterocycles. The number of hydrogen-bond acceptors (Lipinski definition) is 4. The van der Waals surface area contributed by atoms with Gasteiger partial charge in [-0.3, -0.25) is 4.79 Å². The zero-order valence-corrected chi connectivity index (χ0v) is 13.9. The number of methoxy groups -OCH3 is 1. The lowest BCUT2D eigenvalue weighted by Gasteiger charge is -2.20. The van der Waals surface area contributed by atoms with Gasteiger partial charge in [-0.1, -0.05) is 0 Å². The molecule has 1 aromatic heterocycles. The van der Waals surface area contributed by atoms with Crippen LogP contribution in [0.3, 0.4) is 0 Å². The van der Waals surface area contributed by atoms with E-state index in [1.165, 1.54) is 24.2 Å². The minimum atomic E-state index is 0.0501. The van der Waals surface area contributed by atoms with E-state index >= 15 is 0 Å². The molecule has 4 nitrogen and oxygen atoms in total. The minimum Gasteiger partial charge on any atom is -0.497 e. The monoisotopic (exact) mass is 328 g/mol. The summed E-state index contributed by atoms with van der Waals surface area (Å²) in [4.78, 5) is 14.4. The minimum absolute atomic E-state index is 0.0501. The van der Waals surface area contributed by atoms with Gasteiger partial charge in [0.2, 0.25) is 0 Å². The van der Waals surface area contributed by atoms with E-state index in [1.807, 2.05) is 36.4 Å². The lowest BCUT2D eigenvalue weighted by Crippen LogP contribution is -2.42. The molecule has 1 amide bonds. The van der Waals surface area contributed by atoms with Crippen LogP contribution in [0.1, 0.15) is 28.9 Å². The molecule has 3 atom stereocenters. The summed E-state index contributed by atoms with van der Waals surface area (Å²) in [6, 6.07) is 13.2. The highest BCUT2D eigenvalue weighted by Gasteiger charge is 2.39. The van der Waals surface area contributed by atoms with Gasteiger partial charge in [-0.2, -0.15) is 0 Å². The third kappa shape index (κ3) is 2.86. The molecule has 5 heteroatoms. The molecule has 0 aliphatic carbocycles. The average Bonchev–Trinajstić information content (AvgIpc) is 3.31. The number of fused-ring (bicyclic) bond motifs is 2. The molecule has 0 saturated carbocycles. The molecule has 0 spiro atoms. The van der Waals surface area contributed by atoms with Crippen molar-refractivity contribution in [1.29, 1.82) is 0 Å². The molecular weight excluding hydrogens is 308 g/mol. The number of nitrogens with one attached hydrogen (secondary N) is 2. The van der Waals surface area contributed by atoms with Crippen LogP contribution in [-0.4, -0.2) is 31.1 Å². The number of ether oxygens (including phenoxy) is 1. The number of benzene rings is 1. The Balaban J connectivity index is 1.45. The normalized spacial score (nSPS) is 25.5. The van der Waals surface area contributed by atoms with Gasteiger partial charge in [0.1, 0.15) is 5.75 Å². The molecule has 3 heterocycles. The summed E-state index contributed by atoms with van der Waals surface area (Å²) in [5.74, 6) is 0.890. The fourth-order valence-corrected chi connectivity index (χ4v) is 4.51. The largest absolute Gasteiger partial charge is 0.497 e. The van der Waals surface area contributed by atoms with E-state index < -0.39 is 0 Å².